The van der Waals surface area contributed by atoms with Crippen molar-refractivity contribution in [2.45, 2.75) is 32.0 Å². The van der Waals surface area contributed by atoms with E-state index in [1.165, 1.54) is 7.11 Å². The molecule has 0 spiro atoms. The van der Waals surface area contributed by atoms with Gasteiger partial charge in [0.05, 0.1) is 24.5 Å². The first kappa shape index (κ1) is 24.5. The van der Waals surface area contributed by atoms with Crippen LogP contribution in [0.4, 0.5) is 0 Å². The smallest absolute Gasteiger partial charge is 0.325 e. The molecule has 3 N–H and O–H groups in total. The molecule has 2 aromatic heterocycles. The summed E-state index contributed by atoms with van der Waals surface area (Å²) in [5, 5.41) is 2.48. The maximum atomic E-state index is 11.9. The number of aromatic nitrogens is 2. The molecular formula is C20H28ClN5O3. The van der Waals surface area contributed by atoms with Crippen molar-refractivity contribution < 1.29 is 14.3 Å². The second-order valence-corrected chi connectivity index (χ2v) is 6.40. The predicted molar refractivity (Wildman–Crippen MR) is 112 cm³/mol. The molecule has 0 aliphatic heterocycles. The van der Waals surface area contributed by atoms with Gasteiger partial charge in [0.15, 0.2) is 0 Å². The highest BCUT2D eigenvalue weighted by atomic mass is 35.5. The number of esters is 1. The lowest BCUT2D eigenvalue weighted by molar-refractivity contribution is -0.141. The fraction of sp³-hybridized carbons (Fsp3) is 0.400. The number of hydrogen-bond acceptors (Lipinski definition) is 7. The number of rotatable bonds is 11. The summed E-state index contributed by atoms with van der Waals surface area (Å²) in [6.45, 7) is 1.93. The van der Waals surface area contributed by atoms with Crippen molar-refractivity contribution in [2.75, 3.05) is 20.2 Å². The molecular weight excluding hydrogens is 394 g/mol. The molecule has 0 aliphatic rings. The van der Waals surface area contributed by atoms with Crippen LogP contribution in [-0.2, 0) is 27.4 Å². The van der Waals surface area contributed by atoms with Crippen molar-refractivity contribution in [1.82, 2.24) is 20.2 Å². The molecule has 2 heterocycles. The van der Waals surface area contributed by atoms with Gasteiger partial charge in [0, 0.05) is 25.5 Å². The van der Waals surface area contributed by atoms with Gasteiger partial charge in [-0.15, -0.1) is 12.4 Å². The Bertz CT molecular complexity index is 692. The molecule has 29 heavy (non-hydrogen) atoms. The molecule has 2 aromatic rings. The van der Waals surface area contributed by atoms with Crippen LogP contribution in [0.15, 0.2) is 48.8 Å². The quantitative estimate of drug-likeness (QED) is 0.526. The zero-order valence-electron chi connectivity index (χ0n) is 16.5. The number of carbonyl (C=O) groups excluding carboxylic acids is 2. The van der Waals surface area contributed by atoms with Gasteiger partial charge in [-0.2, -0.15) is 0 Å². The number of nitrogens with one attached hydrogen (secondary N) is 1. The number of amides is 1. The zero-order chi connectivity index (χ0) is 20.2. The summed E-state index contributed by atoms with van der Waals surface area (Å²) in [6, 6.07) is 11.0. The van der Waals surface area contributed by atoms with Crippen LogP contribution in [0, 0.1) is 0 Å². The average Bonchev–Trinajstić information content (AvgIpc) is 2.73. The Labute approximate surface area is 177 Å². The van der Waals surface area contributed by atoms with E-state index >= 15 is 0 Å². The number of halogens is 1. The number of ether oxygens (including phenoxy) is 1. The van der Waals surface area contributed by atoms with Crippen LogP contribution in [0.5, 0.6) is 0 Å². The van der Waals surface area contributed by atoms with Gasteiger partial charge in [-0.05, 0) is 43.7 Å². The summed E-state index contributed by atoms with van der Waals surface area (Å²) >= 11 is 0. The van der Waals surface area contributed by atoms with Gasteiger partial charge >= 0.3 is 5.97 Å². The first-order chi connectivity index (χ1) is 13.6. The highest BCUT2D eigenvalue weighted by Gasteiger charge is 2.16. The van der Waals surface area contributed by atoms with Gasteiger partial charge in [-0.3, -0.25) is 24.5 Å². The van der Waals surface area contributed by atoms with Crippen LogP contribution in [0.3, 0.4) is 0 Å². The minimum atomic E-state index is -0.670. The van der Waals surface area contributed by atoms with Crippen LogP contribution in [0.1, 0.15) is 24.2 Å². The average molecular weight is 422 g/mol. The van der Waals surface area contributed by atoms with E-state index in [4.69, 9.17) is 5.73 Å². The SMILES string of the molecule is COC(=O)CNC(=O)[C@@H](N)CCCN(Cc1ccccn1)Cc1ccccn1.Cl. The Hall–Kier alpha value is -2.55. The van der Waals surface area contributed by atoms with Gasteiger partial charge in [0.25, 0.3) is 0 Å². The summed E-state index contributed by atoms with van der Waals surface area (Å²) in [6.07, 6.45) is 4.78. The van der Waals surface area contributed by atoms with E-state index in [1.807, 2.05) is 36.4 Å². The summed E-state index contributed by atoms with van der Waals surface area (Å²) in [7, 11) is 1.27. The molecule has 0 bridgehead atoms. The van der Waals surface area contributed by atoms with E-state index in [1.54, 1.807) is 12.4 Å². The van der Waals surface area contributed by atoms with E-state index in [2.05, 4.69) is 24.9 Å². The van der Waals surface area contributed by atoms with E-state index in [-0.39, 0.29) is 24.9 Å². The standard InChI is InChI=1S/C20H27N5O3.ClH/c1-28-19(26)13-24-20(27)18(21)9-6-12-25(14-16-7-2-4-10-22-16)15-17-8-3-5-11-23-17;/h2-5,7-8,10-11,18H,6,9,12-15,21H2,1H3,(H,24,27);1H/t18-;/m0./s1. The molecule has 0 aliphatic carbocycles. The van der Waals surface area contributed by atoms with E-state index in [0.29, 0.717) is 19.5 Å². The Morgan fingerprint density at radius 3 is 2.17 bits per heavy atom. The number of nitrogens with two attached hydrogens (primary N) is 1. The second kappa shape index (κ2) is 13.6. The third-order valence-corrected chi connectivity index (χ3v) is 4.18. The molecule has 158 valence electrons. The number of pyridine rings is 2. The Balaban J connectivity index is 0.00000420. The van der Waals surface area contributed by atoms with Crippen molar-refractivity contribution in [3.63, 3.8) is 0 Å². The number of hydrogen-bond donors (Lipinski definition) is 2. The lowest BCUT2D eigenvalue weighted by Crippen LogP contribution is -2.43. The van der Waals surface area contributed by atoms with Gasteiger partial charge in [-0.1, -0.05) is 12.1 Å². The van der Waals surface area contributed by atoms with E-state index in [0.717, 1.165) is 24.4 Å². The first-order valence-corrected chi connectivity index (χ1v) is 9.20. The van der Waals surface area contributed by atoms with Crippen LogP contribution < -0.4 is 11.1 Å². The van der Waals surface area contributed by atoms with Crippen molar-refractivity contribution in [2.24, 2.45) is 5.73 Å². The summed E-state index contributed by atoms with van der Waals surface area (Å²) in [4.78, 5) is 34.0. The predicted octanol–water partition coefficient (Wildman–Crippen LogP) is 1.30. The maximum absolute atomic E-state index is 11.9. The molecule has 0 saturated carbocycles. The minimum Gasteiger partial charge on any atom is -0.468 e. The van der Waals surface area contributed by atoms with Crippen molar-refractivity contribution >= 4 is 24.3 Å². The highest BCUT2D eigenvalue weighted by molar-refractivity contribution is 5.85. The summed E-state index contributed by atoms with van der Waals surface area (Å²) in [5.41, 5.74) is 7.87. The van der Waals surface area contributed by atoms with Crippen molar-refractivity contribution in [3.8, 4) is 0 Å². The van der Waals surface area contributed by atoms with Crippen molar-refractivity contribution in [1.29, 1.82) is 0 Å². The fourth-order valence-electron chi connectivity index (χ4n) is 2.68. The molecule has 0 saturated heterocycles. The minimum absolute atomic E-state index is 0. The lowest BCUT2D eigenvalue weighted by Gasteiger charge is -2.22. The molecule has 8 nitrogen and oxygen atoms in total. The topological polar surface area (TPSA) is 110 Å². The van der Waals surface area contributed by atoms with E-state index < -0.39 is 12.0 Å². The third-order valence-electron chi connectivity index (χ3n) is 4.18. The molecule has 0 fully saturated rings. The van der Waals surface area contributed by atoms with Gasteiger partial charge in [0.2, 0.25) is 5.91 Å². The van der Waals surface area contributed by atoms with Gasteiger partial charge in [0.1, 0.15) is 6.54 Å². The fourth-order valence-corrected chi connectivity index (χ4v) is 2.68. The maximum Gasteiger partial charge on any atom is 0.325 e. The van der Waals surface area contributed by atoms with Crippen LogP contribution in [0.2, 0.25) is 0 Å². The van der Waals surface area contributed by atoms with Gasteiger partial charge in [-0.25, -0.2) is 0 Å². The van der Waals surface area contributed by atoms with Crippen LogP contribution in [-0.4, -0.2) is 53.0 Å². The zero-order valence-corrected chi connectivity index (χ0v) is 17.3. The molecule has 0 unspecified atom stereocenters. The number of methoxy groups -OCH3 is 1. The second-order valence-electron chi connectivity index (χ2n) is 6.40. The normalized spacial score (nSPS) is 11.4. The lowest BCUT2D eigenvalue weighted by atomic mass is 10.1. The Morgan fingerprint density at radius 2 is 1.69 bits per heavy atom. The van der Waals surface area contributed by atoms with Crippen molar-refractivity contribution in [3.05, 3.63) is 60.2 Å². The number of carbonyl (C=O) groups is 2. The monoisotopic (exact) mass is 421 g/mol. The van der Waals surface area contributed by atoms with Gasteiger partial charge < -0.3 is 15.8 Å². The molecule has 2 rings (SSSR count). The third kappa shape index (κ3) is 9.47. The van der Waals surface area contributed by atoms with Crippen LogP contribution in [0.25, 0.3) is 0 Å². The largest absolute Gasteiger partial charge is 0.468 e. The molecule has 1 amide bonds. The summed E-state index contributed by atoms with van der Waals surface area (Å²) in [5.74, 6) is -0.858. The number of nitrogens with zero attached hydrogens (tertiary/aromatic N) is 3. The first-order valence-electron chi connectivity index (χ1n) is 9.20. The highest BCUT2D eigenvalue weighted by Crippen LogP contribution is 2.09. The van der Waals surface area contributed by atoms with E-state index in [9.17, 15) is 9.59 Å². The summed E-state index contributed by atoms with van der Waals surface area (Å²) < 4.78 is 4.49. The molecule has 0 aromatic carbocycles. The molecule has 0 radical (unpaired) electrons. The Morgan fingerprint density at radius 1 is 1.10 bits per heavy atom. The molecule has 9 heteroatoms. The molecule has 1 atom stereocenters. The Kier molecular flexibility index (Phi) is 11.5. The van der Waals surface area contributed by atoms with Crippen LogP contribution >= 0.6 is 12.4 Å².